The second-order valence-corrected chi connectivity index (χ2v) is 8.80. The van der Waals surface area contributed by atoms with Crippen molar-refractivity contribution in [3.63, 3.8) is 0 Å². The van der Waals surface area contributed by atoms with Crippen LogP contribution in [0.3, 0.4) is 0 Å². The maximum Gasteiger partial charge on any atom is 0.310 e. The number of carbonyl (C=O) groups is 1. The summed E-state index contributed by atoms with van der Waals surface area (Å²) in [6.07, 6.45) is 2.27. The summed E-state index contributed by atoms with van der Waals surface area (Å²) < 4.78 is 9.01. The number of nitrogens with zero attached hydrogens (tertiary/aromatic N) is 1. The number of carbonyl (C=O) groups excluding carboxylic acids is 1. The average molecular weight is 446 g/mol. The minimum absolute atomic E-state index is 0.237. The van der Waals surface area contributed by atoms with Crippen molar-refractivity contribution < 1.29 is 9.53 Å². The number of fused-ring (bicyclic) bond motifs is 2. The van der Waals surface area contributed by atoms with E-state index in [1.54, 1.807) is 18.3 Å². The van der Waals surface area contributed by atoms with Gasteiger partial charge in [-0.15, -0.1) is 11.3 Å². The number of hydrogen-bond acceptors (Lipinski definition) is 3. The summed E-state index contributed by atoms with van der Waals surface area (Å²) in [6.45, 7) is 2.47. The van der Waals surface area contributed by atoms with Crippen LogP contribution in [0.2, 0.25) is 5.02 Å². The topological polar surface area (TPSA) is 31.2 Å². The van der Waals surface area contributed by atoms with E-state index in [0.717, 1.165) is 32.4 Å². The van der Waals surface area contributed by atoms with Gasteiger partial charge in [-0.05, 0) is 57.8 Å². The first-order chi connectivity index (χ1) is 15.1. The van der Waals surface area contributed by atoms with Crippen molar-refractivity contribution in [3.8, 4) is 16.9 Å². The molecule has 0 spiro atoms. The molecule has 0 aliphatic rings. The molecule has 0 amide bonds. The van der Waals surface area contributed by atoms with Gasteiger partial charge in [0.25, 0.3) is 0 Å². The fourth-order valence-corrected chi connectivity index (χ4v) is 4.94. The molecule has 0 atom stereocenters. The highest BCUT2D eigenvalue weighted by Crippen LogP contribution is 2.35. The molecule has 3 aromatic carbocycles. The Kier molecular flexibility index (Phi) is 5.26. The maximum atomic E-state index is 12.0. The molecule has 0 aliphatic carbocycles. The minimum atomic E-state index is -0.237. The molecular formula is C26H20ClNO2S. The van der Waals surface area contributed by atoms with Gasteiger partial charge in [0.2, 0.25) is 0 Å². The van der Waals surface area contributed by atoms with Crippen molar-refractivity contribution in [3.05, 3.63) is 88.9 Å². The van der Waals surface area contributed by atoms with Crippen LogP contribution in [0.25, 0.3) is 32.1 Å². The van der Waals surface area contributed by atoms with Gasteiger partial charge in [0.1, 0.15) is 0 Å². The highest BCUT2D eigenvalue weighted by Gasteiger charge is 2.15. The fraction of sp³-hybridized carbons (Fsp3) is 0.115. The Labute approximate surface area is 189 Å². The summed E-state index contributed by atoms with van der Waals surface area (Å²) in [7, 11) is 0. The molecule has 0 saturated carbocycles. The number of esters is 1. The average Bonchev–Trinajstić information content (AvgIpc) is 3.35. The fourth-order valence-electron chi connectivity index (χ4n) is 3.84. The van der Waals surface area contributed by atoms with Gasteiger partial charge in [0.15, 0.2) is 5.75 Å². The van der Waals surface area contributed by atoms with E-state index in [-0.39, 0.29) is 5.97 Å². The molecule has 3 nitrogen and oxygen atoms in total. The molecule has 154 valence electrons. The van der Waals surface area contributed by atoms with E-state index in [0.29, 0.717) is 18.7 Å². The van der Waals surface area contributed by atoms with Crippen LogP contribution < -0.4 is 4.74 Å². The predicted molar refractivity (Wildman–Crippen MR) is 129 cm³/mol. The van der Waals surface area contributed by atoms with Crippen LogP contribution in [0.4, 0.5) is 0 Å². The lowest BCUT2D eigenvalue weighted by Crippen LogP contribution is -2.05. The van der Waals surface area contributed by atoms with Crippen LogP contribution in [0.15, 0.2) is 78.3 Å². The van der Waals surface area contributed by atoms with Crippen molar-refractivity contribution >= 4 is 49.9 Å². The van der Waals surface area contributed by atoms with Crippen LogP contribution in [-0.2, 0) is 11.3 Å². The smallest absolute Gasteiger partial charge is 0.310 e. The molecule has 5 heteroatoms. The van der Waals surface area contributed by atoms with Crippen molar-refractivity contribution in [1.82, 2.24) is 4.57 Å². The van der Waals surface area contributed by atoms with Crippen molar-refractivity contribution in [1.29, 1.82) is 0 Å². The largest absolute Gasteiger partial charge is 0.424 e. The normalized spacial score (nSPS) is 11.3. The van der Waals surface area contributed by atoms with Crippen LogP contribution in [0.1, 0.15) is 18.9 Å². The number of ether oxygens (including phenoxy) is 1. The number of benzene rings is 3. The second-order valence-electron chi connectivity index (χ2n) is 7.45. The molecule has 0 fully saturated rings. The third-order valence-electron chi connectivity index (χ3n) is 5.42. The van der Waals surface area contributed by atoms with Crippen molar-refractivity contribution in [2.75, 3.05) is 0 Å². The summed E-state index contributed by atoms with van der Waals surface area (Å²) in [6, 6.07) is 22.5. The van der Waals surface area contributed by atoms with Gasteiger partial charge in [-0.25, -0.2) is 0 Å². The first kappa shape index (κ1) is 19.9. The van der Waals surface area contributed by atoms with E-state index >= 15 is 0 Å². The molecule has 0 bridgehead atoms. The summed E-state index contributed by atoms with van der Waals surface area (Å²) in [5.74, 6) is 0.359. The summed E-state index contributed by atoms with van der Waals surface area (Å²) in [5, 5.41) is 4.99. The highest BCUT2D eigenvalue weighted by atomic mass is 35.5. The molecule has 0 N–H and O–H groups in total. The lowest BCUT2D eigenvalue weighted by atomic mass is 10.0. The number of halogens is 1. The highest BCUT2D eigenvalue weighted by molar-refractivity contribution is 7.17. The van der Waals surface area contributed by atoms with E-state index in [1.165, 1.54) is 10.3 Å². The van der Waals surface area contributed by atoms with E-state index < -0.39 is 0 Å². The quantitative estimate of drug-likeness (QED) is 0.261. The van der Waals surface area contributed by atoms with E-state index in [2.05, 4.69) is 40.3 Å². The van der Waals surface area contributed by atoms with Crippen molar-refractivity contribution in [2.45, 2.75) is 19.9 Å². The number of aromatic nitrogens is 1. The standard InChI is InChI=1S/C26H20ClNO2S/c1-2-26(29)30-24-15-28(14-19-16-31-25-11-9-20(27)13-22(19)25)23-12-18(8-10-21(23)24)17-6-4-3-5-7-17/h3-13,15-16H,2,14H2,1H3. The first-order valence-electron chi connectivity index (χ1n) is 10.2. The molecule has 0 saturated heterocycles. The zero-order valence-corrected chi connectivity index (χ0v) is 18.5. The first-order valence-corrected chi connectivity index (χ1v) is 11.4. The predicted octanol–water partition coefficient (Wildman–Crippen LogP) is 7.54. The lowest BCUT2D eigenvalue weighted by molar-refractivity contribution is -0.133. The van der Waals surface area contributed by atoms with E-state index in [9.17, 15) is 4.79 Å². The van der Waals surface area contributed by atoms with Gasteiger partial charge >= 0.3 is 5.97 Å². The van der Waals surface area contributed by atoms with Crippen LogP contribution in [0, 0.1) is 0 Å². The Hall–Kier alpha value is -3.08. The Morgan fingerprint density at radius 2 is 1.84 bits per heavy atom. The third kappa shape index (κ3) is 3.85. The zero-order chi connectivity index (χ0) is 21.4. The van der Waals surface area contributed by atoms with Crippen LogP contribution in [-0.4, -0.2) is 10.5 Å². The molecule has 31 heavy (non-hydrogen) atoms. The summed E-state index contributed by atoms with van der Waals surface area (Å²) in [5.41, 5.74) is 4.50. The molecule has 0 aliphatic heterocycles. The van der Waals surface area contributed by atoms with Gasteiger partial charge in [0.05, 0.1) is 5.52 Å². The number of thiophene rings is 1. The monoisotopic (exact) mass is 445 g/mol. The van der Waals surface area contributed by atoms with E-state index in [1.807, 2.05) is 42.6 Å². The Morgan fingerprint density at radius 3 is 2.65 bits per heavy atom. The molecule has 2 heterocycles. The van der Waals surface area contributed by atoms with Gasteiger partial charge in [-0.2, -0.15) is 0 Å². The van der Waals surface area contributed by atoms with Crippen LogP contribution in [0.5, 0.6) is 5.75 Å². The molecule has 2 aromatic heterocycles. The molecule has 0 radical (unpaired) electrons. The maximum absolute atomic E-state index is 12.0. The molecule has 5 rings (SSSR count). The number of rotatable bonds is 5. The van der Waals surface area contributed by atoms with Crippen LogP contribution >= 0.6 is 22.9 Å². The minimum Gasteiger partial charge on any atom is -0.424 e. The third-order valence-corrected chi connectivity index (χ3v) is 6.67. The van der Waals surface area contributed by atoms with Gasteiger partial charge in [-0.1, -0.05) is 54.9 Å². The number of hydrogen-bond donors (Lipinski definition) is 0. The molecule has 0 unspecified atom stereocenters. The summed E-state index contributed by atoms with van der Waals surface area (Å²) >= 11 is 7.96. The lowest BCUT2D eigenvalue weighted by Gasteiger charge is -2.07. The molecule has 5 aromatic rings. The summed E-state index contributed by atoms with van der Waals surface area (Å²) in [4.78, 5) is 12.0. The SMILES string of the molecule is CCC(=O)Oc1cn(Cc2csc3ccc(Cl)cc23)c2cc(-c3ccccc3)ccc12. The zero-order valence-electron chi connectivity index (χ0n) is 17.0. The molecular weight excluding hydrogens is 426 g/mol. The van der Waals surface area contributed by atoms with Crippen molar-refractivity contribution in [2.24, 2.45) is 0 Å². The Balaban J connectivity index is 1.64. The van der Waals surface area contributed by atoms with E-state index in [4.69, 9.17) is 16.3 Å². The van der Waals surface area contributed by atoms with Gasteiger partial charge < -0.3 is 9.30 Å². The Morgan fingerprint density at radius 1 is 1.00 bits per heavy atom. The van der Waals surface area contributed by atoms with Gasteiger partial charge in [-0.3, -0.25) is 4.79 Å². The Bertz CT molecular complexity index is 1400. The second kappa shape index (κ2) is 8.22. The van der Waals surface area contributed by atoms with Gasteiger partial charge in [0, 0.05) is 34.3 Å².